The highest BCUT2D eigenvalue weighted by Gasteiger charge is 2.34. The molecule has 1 unspecified atom stereocenters. The van der Waals surface area contributed by atoms with Gasteiger partial charge in [0.15, 0.2) is 0 Å². The van der Waals surface area contributed by atoms with E-state index in [1.54, 1.807) is 23.2 Å². The highest BCUT2D eigenvalue weighted by atomic mass is 32.1. The summed E-state index contributed by atoms with van der Waals surface area (Å²) in [6.45, 7) is 6.24. The van der Waals surface area contributed by atoms with E-state index in [-0.39, 0.29) is 11.9 Å². The second kappa shape index (κ2) is 7.27. The zero-order valence-corrected chi connectivity index (χ0v) is 14.4. The molecule has 0 saturated heterocycles. The second-order valence-electron chi connectivity index (χ2n) is 6.31. The molecule has 0 spiro atoms. The van der Waals surface area contributed by atoms with Crippen molar-refractivity contribution in [2.45, 2.75) is 58.9 Å². The highest BCUT2D eigenvalue weighted by molar-refractivity contribution is 7.12. The molecule has 0 aromatic carbocycles. The number of carboxylic acids is 1. The average molecular weight is 323 g/mol. The van der Waals surface area contributed by atoms with Crippen LogP contribution in [0.2, 0.25) is 0 Å². The van der Waals surface area contributed by atoms with Gasteiger partial charge < -0.3 is 10.0 Å². The van der Waals surface area contributed by atoms with Gasteiger partial charge in [-0.25, -0.2) is 0 Å². The topological polar surface area (TPSA) is 57.6 Å². The fourth-order valence-corrected chi connectivity index (χ4v) is 3.70. The SMILES string of the molecule is Cc1cc(CCCC(=O)N(CC(C)C(=O)O)C2CC2)c(C)s1. The van der Waals surface area contributed by atoms with Gasteiger partial charge in [0.05, 0.1) is 5.92 Å². The Hall–Kier alpha value is -1.36. The summed E-state index contributed by atoms with van der Waals surface area (Å²) in [6, 6.07) is 2.48. The molecule has 0 bridgehead atoms. The highest BCUT2D eigenvalue weighted by Crippen LogP contribution is 2.29. The lowest BCUT2D eigenvalue weighted by Gasteiger charge is -2.24. The molecular formula is C17H25NO3S. The first kappa shape index (κ1) is 17.0. The number of hydrogen-bond acceptors (Lipinski definition) is 3. The summed E-state index contributed by atoms with van der Waals surface area (Å²) < 4.78 is 0. The predicted molar refractivity (Wildman–Crippen MR) is 88.3 cm³/mol. The van der Waals surface area contributed by atoms with Crippen LogP contribution >= 0.6 is 11.3 Å². The van der Waals surface area contributed by atoms with Crippen molar-refractivity contribution < 1.29 is 14.7 Å². The molecule has 0 aliphatic heterocycles. The number of nitrogens with zero attached hydrogens (tertiary/aromatic N) is 1. The number of aliphatic carboxylic acids is 1. The zero-order chi connectivity index (χ0) is 16.3. The molecule has 2 rings (SSSR count). The van der Waals surface area contributed by atoms with E-state index in [1.807, 2.05) is 0 Å². The van der Waals surface area contributed by atoms with Gasteiger partial charge in [-0.3, -0.25) is 9.59 Å². The van der Waals surface area contributed by atoms with Crippen LogP contribution in [0.5, 0.6) is 0 Å². The van der Waals surface area contributed by atoms with Crippen LogP contribution in [-0.2, 0) is 16.0 Å². The smallest absolute Gasteiger partial charge is 0.308 e. The summed E-state index contributed by atoms with van der Waals surface area (Å²) in [6.07, 6.45) is 4.30. The lowest BCUT2D eigenvalue weighted by molar-refractivity contribution is -0.143. The fourth-order valence-electron chi connectivity index (χ4n) is 2.72. The lowest BCUT2D eigenvalue weighted by Crippen LogP contribution is -2.38. The van der Waals surface area contributed by atoms with Crippen molar-refractivity contribution in [2.24, 2.45) is 5.92 Å². The number of carbonyl (C=O) groups excluding carboxylic acids is 1. The molecule has 4 nitrogen and oxygen atoms in total. The maximum atomic E-state index is 12.4. The molecule has 22 heavy (non-hydrogen) atoms. The largest absolute Gasteiger partial charge is 0.481 e. The van der Waals surface area contributed by atoms with E-state index in [4.69, 9.17) is 5.11 Å². The first-order valence-electron chi connectivity index (χ1n) is 7.96. The van der Waals surface area contributed by atoms with Crippen molar-refractivity contribution in [1.29, 1.82) is 0 Å². The Balaban J connectivity index is 1.83. The summed E-state index contributed by atoms with van der Waals surface area (Å²) >= 11 is 1.80. The molecule has 5 heteroatoms. The van der Waals surface area contributed by atoms with Gasteiger partial charge in [-0.05, 0) is 51.2 Å². The van der Waals surface area contributed by atoms with Gasteiger partial charge >= 0.3 is 5.97 Å². The Morgan fingerprint density at radius 1 is 1.41 bits per heavy atom. The molecular weight excluding hydrogens is 298 g/mol. The predicted octanol–water partition coefficient (Wildman–Crippen LogP) is 3.40. The van der Waals surface area contributed by atoms with Gasteiger partial charge in [-0.2, -0.15) is 0 Å². The minimum Gasteiger partial charge on any atom is -0.481 e. The standard InChI is InChI=1S/C17H25NO3S/c1-11(17(20)21)10-18(15-7-8-15)16(19)6-4-5-14-9-12(2)22-13(14)3/h9,11,15H,4-8,10H2,1-3H3,(H,20,21). The zero-order valence-electron chi connectivity index (χ0n) is 13.6. The maximum absolute atomic E-state index is 12.4. The van der Waals surface area contributed by atoms with Gasteiger partial charge in [0.2, 0.25) is 5.91 Å². The van der Waals surface area contributed by atoms with Crippen LogP contribution in [-0.4, -0.2) is 34.5 Å². The van der Waals surface area contributed by atoms with Gasteiger partial charge in [0.25, 0.3) is 0 Å². The van der Waals surface area contributed by atoms with Crippen LogP contribution in [0.4, 0.5) is 0 Å². The van der Waals surface area contributed by atoms with Crippen LogP contribution < -0.4 is 0 Å². The van der Waals surface area contributed by atoms with Crippen LogP contribution in [0.3, 0.4) is 0 Å². The van der Waals surface area contributed by atoms with E-state index in [2.05, 4.69) is 19.9 Å². The third kappa shape index (κ3) is 4.57. The number of rotatable bonds is 8. The molecule has 1 fully saturated rings. The van der Waals surface area contributed by atoms with Crippen molar-refractivity contribution in [2.75, 3.05) is 6.54 Å². The third-order valence-corrected chi connectivity index (χ3v) is 5.19. The van der Waals surface area contributed by atoms with Crippen LogP contribution in [0.15, 0.2) is 6.07 Å². The van der Waals surface area contributed by atoms with E-state index < -0.39 is 11.9 Å². The molecule has 1 N–H and O–H groups in total. The van der Waals surface area contributed by atoms with Gasteiger partial charge in [0, 0.05) is 28.8 Å². The van der Waals surface area contributed by atoms with E-state index >= 15 is 0 Å². The number of thiophene rings is 1. The first-order chi connectivity index (χ1) is 10.4. The van der Waals surface area contributed by atoms with Crippen molar-refractivity contribution in [3.8, 4) is 0 Å². The molecule has 0 radical (unpaired) electrons. The Morgan fingerprint density at radius 2 is 2.09 bits per heavy atom. The van der Waals surface area contributed by atoms with Gasteiger partial charge in [-0.1, -0.05) is 6.92 Å². The summed E-state index contributed by atoms with van der Waals surface area (Å²) in [5.41, 5.74) is 1.34. The average Bonchev–Trinajstić information content (AvgIpc) is 3.22. The number of carboxylic acid groups (broad SMARTS) is 1. The minimum absolute atomic E-state index is 0.111. The number of carbonyl (C=O) groups is 2. The summed E-state index contributed by atoms with van der Waals surface area (Å²) in [5, 5.41) is 9.04. The summed E-state index contributed by atoms with van der Waals surface area (Å²) in [5.74, 6) is -1.21. The molecule has 1 aromatic rings. The van der Waals surface area contributed by atoms with E-state index in [1.165, 1.54) is 15.3 Å². The molecule has 1 aromatic heterocycles. The Bertz CT molecular complexity index is 548. The monoisotopic (exact) mass is 323 g/mol. The number of amides is 1. The second-order valence-corrected chi connectivity index (χ2v) is 7.77. The van der Waals surface area contributed by atoms with Crippen molar-refractivity contribution >= 4 is 23.2 Å². The molecule has 1 atom stereocenters. The molecule has 1 aliphatic rings. The van der Waals surface area contributed by atoms with Crippen LogP contribution in [0.25, 0.3) is 0 Å². The van der Waals surface area contributed by atoms with Crippen molar-refractivity contribution in [3.05, 3.63) is 21.4 Å². The van der Waals surface area contributed by atoms with Crippen molar-refractivity contribution in [1.82, 2.24) is 4.90 Å². The van der Waals surface area contributed by atoms with Gasteiger partial charge in [-0.15, -0.1) is 11.3 Å². The fraction of sp³-hybridized carbons (Fsp3) is 0.647. The van der Waals surface area contributed by atoms with Crippen LogP contribution in [0.1, 0.15) is 47.9 Å². The molecule has 1 aliphatic carbocycles. The Kier molecular flexibility index (Phi) is 5.62. The Morgan fingerprint density at radius 3 is 2.59 bits per heavy atom. The number of aryl methyl sites for hydroxylation is 3. The van der Waals surface area contributed by atoms with E-state index in [9.17, 15) is 9.59 Å². The maximum Gasteiger partial charge on any atom is 0.308 e. The lowest BCUT2D eigenvalue weighted by atomic mass is 10.1. The molecule has 1 saturated carbocycles. The van der Waals surface area contributed by atoms with Crippen molar-refractivity contribution in [3.63, 3.8) is 0 Å². The van der Waals surface area contributed by atoms with E-state index in [0.29, 0.717) is 13.0 Å². The minimum atomic E-state index is -0.831. The normalized spacial score (nSPS) is 15.6. The van der Waals surface area contributed by atoms with Crippen LogP contribution in [0, 0.1) is 19.8 Å². The molecule has 1 heterocycles. The van der Waals surface area contributed by atoms with E-state index in [0.717, 1.165) is 25.7 Å². The molecule has 122 valence electrons. The first-order valence-corrected chi connectivity index (χ1v) is 8.78. The quantitative estimate of drug-likeness (QED) is 0.797. The summed E-state index contributed by atoms with van der Waals surface area (Å²) in [4.78, 5) is 27.8. The van der Waals surface area contributed by atoms with Gasteiger partial charge in [0.1, 0.15) is 0 Å². The number of hydrogen-bond donors (Lipinski definition) is 1. The Labute approximate surface area is 136 Å². The summed E-state index contributed by atoms with van der Waals surface area (Å²) in [7, 11) is 0. The third-order valence-electron chi connectivity index (χ3n) is 4.18. The molecule has 1 amide bonds.